The molecular formula is C10H8Cl2N2S. The van der Waals surface area contributed by atoms with Crippen molar-refractivity contribution in [2.75, 3.05) is 5.73 Å². The van der Waals surface area contributed by atoms with Gasteiger partial charge in [-0.05, 0) is 25.1 Å². The minimum Gasteiger partial charge on any atom is -0.389 e. The summed E-state index contributed by atoms with van der Waals surface area (Å²) in [5, 5.41) is 2.79. The van der Waals surface area contributed by atoms with Crippen molar-refractivity contribution < 1.29 is 0 Å². The maximum atomic E-state index is 5.91. The zero-order chi connectivity index (χ0) is 11.0. The van der Waals surface area contributed by atoms with Gasteiger partial charge in [0.15, 0.2) is 0 Å². The lowest BCUT2D eigenvalue weighted by molar-refractivity contribution is 1.30. The van der Waals surface area contributed by atoms with Gasteiger partial charge in [-0.15, -0.1) is 11.3 Å². The summed E-state index contributed by atoms with van der Waals surface area (Å²) in [5.74, 6) is 0. The van der Waals surface area contributed by atoms with Crippen LogP contribution in [0.2, 0.25) is 10.0 Å². The van der Waals surface area contributed by atoms with Gasteiger partial charge in [0.25, 0.3) is 0 Å². The number of nitrogens with zero attached hydrogens (tertiary/aromatic N) is 1. The number of nitrogen functional groups attached to an aromatic ring is 1. The van der Waals surface area contributed by atoms with E-state index in [0.29, 0.717) is 15.0 Å². The SMILES string of the molecule is Cc1nc(-c2cc(Cl)cc(Cl)c2)c(N)s1. The smallest absolute Gasteiger partial charge is 0.114 e. The average molecular weight is 259 g/mol. The highest BCUT2D eigenvalue weighted by Crippen LogP contribution is 2.33. The largest absolute Gasteiger partial charge is 0.389 e. The molecule has 1 aromatic carbocycles. The van der Waals surface area contributed by atoms with E-state index in [2.05, 4.69) is 4.98 Å². The van der Waals surface area contributed by atoms with Crippen molar-refractivity contribution in [1.29, 1.82) is 0 Å². The van der Waals surface area contributed by atoms with Gasteiger partial charge in [-0.1, -0.05) is 23.2 Å². The topological polar surface area (TPSA) is 38.9 Å². The number of aryl methyl sites for hydroxylation is 1. The van der Waals surface area contributed by atoms with Gasteiger partial charge < -0.3 is 5.73 Å². The molecule has 0 aliphatic rings. The summed E-state index contributed by atoms with van der Waals surface area (Å²) in [6, 6.07) is 5.29. The highest BCUT2D eigenvalue weighted by molar-refractivity contribution is 7.16. The van der Waals surface area contributed by atoms with Crippen LogP contribution < -0.4 is 5.73 Å². The molecular weight excluding hydrogens is 251 g/mol. The van der Waals surface area contributed by atoms with Crippen LogP contribution in [0.25, 0.3) is 11.3 Å². The molecule has 0 fully saturated rings. The maximum Gasteiger partial charge on any atom is 0.114 e. The Morgan fingerprint density at radius 3 is 2.27 bits per heavy atom. The van der Waals surface area contributed by atoms with Crippen molar-refractivity contribution >= 4 is 39.5 Å². The first-order valence-electron chi connectivity index (χ1n) is 4.25. The lowest BCUT2D eigenvalue weighted by Crippen LogP contribution is -1.86. The molecule has 0 saturated heterocycles. The summed E-state index contributed by atoms with van der Waals surface area (Å²) in [6.45, 7) is 1.91. The Balaban J connectivity index is 2.58. The first-order chi connectivity index (χ1) is 7.06. The minimum atomic E-state index is 0.586. The third kappa shape index (κ3) is 2.25. The summed E-state index contributed by atoms with van der Waals surface area (Å²) in [6.07, 6.45) is 0. The molecule has 0 bridgehead atoms. The summed E-state index contributed by atoms with van der Waals surface area (Å²) < 4.78 is 0. The number of thiazole rings is 1. The highest BCUT2D eigenvalue weighted by atomic mass is 35.5. The Labute approximate surface area is 102 Å². The van der Waals surface area contributed by atoms with Crippen molar-refractivity contribution in [3.63, 3.8) is 0 Å². The van der Waals surface area contributed by atoms with E-state index in [-0.39, 0.29) is 0 Å². The van der Waals surface area contributed by atoms with E-state index in [0.717, 1.165) is 16.3 Å². The van der Waals surface area contributed by atoms with E-state index in [1.165, 1.54) is 11.3 Å². The van der Waals surface area contributed by atoms with Crippen molar-refractivity contribution in [3.8, 4) is 11.3 Å². The van der Waals surface area contributed by atoms with Crippen molar-refractivity contribution in [2.24, 2.45) is 0 Å². The molecule has 0 aliphatic heterocycles. The van der Waals surface area contributed by atoms with Gasteiger partial charge in [-0.3, -0.25) is 0 Å². The predicted molar refractivity (Wildman–Crippen MR) is 66.7 cm³/mol. The predicted octanol–water partition coefficient (Wildman–Crippen LogP) is 4.01. The lowest BCUT2D eigenvalue weighted by atomic mass is 10.1. The first kappa shape index (κ1) is 10.7. The molecule has 1 aromatic heterocycles. The minimum absolute atomic E-state index is 0.586. The summed E-state index contributed by atoms with van der Waals surface area (Å²) in [5.41, 5.74) is 7.45. The maximum absolute atomic E-state index is 5.91. The number of rotatable bonds is 1. The van der Waals surface area contributed by atoms with E-state index in [4.69, 9.17) is 28.9 Å². The van der Waals surface area contributed by atoms with Crippen LogP contribution in [0.1, 0.15) is 5.01 Å². The first-order valence-corrected chi connectivity index (χ1v) is 5.83. The lowest BCUT2D eigenvalue weighted by Gasteiger charge is -2.00. The zero-order valence-corrected chi connectivity index (χ0v) is 10.2. The fraction of sp³-hybridized carbons (Fsp3) is 0.100. The number of hydrogen-bond donors (Lipinski definition) is 1. The van der Waals surface area contributed by atoms with E-state index in [9.17, 15) is 0 Å². The fourth-order valence-corrected chi connectivity index (χ4v) is 2.58. The summed E-state index contributed by atoms with van der Waals surface area (Å²) in [4.78, 5) is 4.34. The van der Waals surface area contributed by atoms with Gasteiger partial charge in [0.05, 0.1) is 5.01 Å². The van der Waals surface area contributed by atoms with E-state index >= 15 is 0 Å². The van der Waals surface area contributed by atoms with E-state index in [1.54, 1.807) is 18.2 Å². The second-order valence-corrected chi connectivity index (χ2v) is 5.21. The summed E-state index contributed by atoms with van der Waals surface area (Å²) >= 11 is 13.3. The molecule has 0 atom stereocenters. The van der Waals surface area contributed by atoms with Gasteiger partial charge in [0.1, 0.15) is 10.7 Å². The number of benzene rings is 1. The van der Waals surface area contributed by atoms with Crippen LogP contribution in [-0.2, 0) is 0 Å². The molecule has 0 aliphatic carbocycles. The number of anilines is 1. The molecule has 5 heteroatoms. The standard InChI is InChI=1S/C10H8Cl2N2S/c1-5-14-9(10(13)15-5)6-2-7(11)4-8(12)3-6/h2-4H,13H2,1H3. The van der Waals surface area contributed by atoms with Crippen LogP contribution in [0.5, 0.6) is 0 Å². The number of nitrogens with two attached hydrogens (primary N) is 1. The highest BCUT2D eigenvalue weighted by Gasteiger charge is 2.09. The molecule has 2 N–H and O–H groups in total. The summed E-state index contributed by atoms with van der Waals surface area (Å²) in [7, 11) is 0. The molecule has 0 amide bonds. The zero-order valence-electron chi connectivity index (χ0n) is 7.92. The van der Waals surface area contributed by atoms with E-state index < -0.39 is 0 Å². The molecule has 2 aromatic rings. The van der Waals surface area contributed by atoms with Crippen molar-refractivity contribution in [2.45, 2.75) is 6.92 Å². The molecule has 15 heavy (non-hydrogen) atoms. The fourth-order valence-electron chi connectivity index (χ4n) is 1.34. The van der Waals surface area contributed by atoms with Crippen molar-refractivity contribution in [3.05, 3.63) is 33.3 Å². The van der Waals surface area contributed by atoms with Gasteiger partial charge in [-0.25, -0.2) is 4.98 Å². The molecule has 0 radical (unpaired) electrons. The molecule has 0 unspecified atom stereocenters. The van der Waals surface area contributed by atoms with Crippen LogP contribution >= 0.6 is 34.5 Å². The van der Waals surface area contributed by atoms with Gasteiger partial charge in [-0.2, -0.15) is 0 Å². The third-order valence-corrected chi connectivity index (χ3v) is 3.13. The molecule has 2 nitrogen and oxygen atoms in total. The molecule has 0 spiro atoms. The normalized spacial score (nSPS) is 10.6. The molecule has 78 valence electrons. The van der Waals surface area contributed by atoms with Gasteiger partial charge in [0.2, 0.25) is 0 Å². The Hall–Kier alpha value is -0.770. The Morgan fingerprint density at radius 2 is 1.80 bits per heavy atom. The average Bonchev–Trinajstić information content (AvgIpc) is 2.43. The molecule has 1 heterocycles. The Bertz CT molecular complexity index is 488. The monoisotopic (exact) mass is 258 g/mol. The second-order valence-electron chi connectivity index (χ2n) is 3.10. The van der Waals surface area contributed by atoms with E-state index in [1.807, 2.05) is 6.92 Å². The Kier molecular flexibility index (Phi) is 2.87. The van der Waals surface area contributed by atoms with Crippen LogP contribution in [0.15, 0.2) is 18.2 Å². The molecule has 0 saturated carbocycles. The Morgan fingerprint density at radius 1 is 1.20 bits per heavy atom. The second kappa shape index (κ2) is 4.00. The van der Waals surface area contributed by atoms with Crippen LogP contribution in [0.4, 0.5) is 5.00 Å². The number of halogens is 2. The van der Waals surface area contributed by atoms with Crippen LogP contribution in [-0.4, -0.2) is 4.98 Å². The van der Waals surface area contributed by atoms with Gasteiger partial charge >= 0.3 is 0 Å². The number of aromatic nitrogens is 1. The van der Waals surface area contributed by atoms with Gasteiger partial charge in [0, 0.05) is 15.6 Å². The van der Waals surface area contributed by atoms with Crippen LogP contribution in [0, 0.1) is 6.92 Å². The molecule has 2 rings (SSSR count). The third-order valence-electron chi connectivity index (χ3n) is 1.90. The van der Waals surface area contributed by atoms with Crippen molar-refractivity contribution in [1.82, 2.24) is 4.98 Å². The van der Waals surface area contributed by atoms with Crippen LogP contribution in [0.3, 0.4) is 0 Å². The number of hydrogen-bond acceptors (Lipinski definition) is 3. The quantitative estimate of drug-likeness (QED) is 0.840.